The van der Waals surface area contributed by atoms with Gasteiger partial charge in [0.05, 0.1) is 6.54 Å². The van der Waals surface area contributed by atoms with Gasteiger partial charge in [0.2, 0.25) is 0 Å². The smallest absolute Gasteiger partial charge is 0.144 e. The highest BCUT2D eigenvalue weighted by atomic mass is 79.9. The fourth-order valence-corrected chi connectivity index (χ4v) is 3.46. The normalized spacial score (nSPS) is 20.4. The number of rotatable bonds is 1. The fraction of sp³-hybridized carbons (Fsp3) is 0.316. The third-order valence-corrected chi connectivity index (χ3v) is 4.59. The summed E-state index contributed by atoms with van der Waals surface area (Å²) in [6.45, 7) is 1.80. The molecule has 1 N–H and O–H groups in total. The van der Waals surface area contributed by atoms with Gasteiger partial charge < -0.3 is 5.43 Å². The number of halogens is 1. The third kappa shape index (κ3) is 3.06. The lowest BCUT2D eigenvalue weighted by molar-refractivity contribution is 0.289. The largest absolute Gasteiger partial charge is 0.303 e. The zero-order valence-corrected chi connectivity index (χ0v) is 15.1. The van der Waals surface area contributed by atoms with E-state index in [1.165, 1.54) is 27.8 Å². The molecule has 2 aliphatic carbocycles. The molecule has 0 aromatic heterocycles. The molecule has 0 unspecified atom stereocenters. The standard InChI is InChI=1S/C19H21N3.BrH/c1-22-13-12-20-19(21-22)18-16-8-4-2-6-14(16)10-11-15-7-3-5-9-17(15)18;/h2,4-9H,3,10-13H2,1H3,(H,20,21);1H. The van der Waals surface area contributed by atoms with Crippen molar-refractivity contribution >= 4 is 28.4 Å². The summed E-state index contributed by atoms with van der Waals surface area (Å²) in [5.41, 5.74) is 10.3. The van der Waals surface area contributed by atoms with Gasteiger partial charge >= 0.3 is 0 Å². The molecule has 1 aliphatic heterocycles. The van der Waals surface area contributed by atoms with Crippen LogP contribution in [0.2, 0.25) is 0 Å². The number of hydrogen-bond acceptors (Lipinski definition) is 3. The summed E-state index contributed by atoms with van der Waals surface area (Å²) in [6, 6.07) is 8.77. The quantitative estimate of drug-likeness (QED) is 0.814. The van der Waals surface area contributed by atoms with Crippen LogP contribution in [0.25, 0.3) is 5.57 Å². The highest BCUT2D eigenvalue weighted by molar-refractivity contribution is 8.93. The number of likely N-dealkylation sites (N-methyl/N-ethyl adjacent to an activating group) is 1. The van der Waals surface area contributed by atoms with Crippen molar-refractivity contribution in [1.82, 2.24) is 10.4 Å². The number of amidine groups is 1. The molecule has 0 amide bonds. The van der Waals surface area contributed by atoms with E-state index in [-0.39, 0.29) is 17.0 Å². The number of nitrogens with zero attached hydrogens (tertiary/aromatic N) is 2. The minimum absolute atomic E-state index is 0. The first-order chi connectivity index (χ1) is 10.8. The van der Waals surface area contributed by atoms with Gasteiger partial charge in [-0.25, -0.2) is 5.01 Å². The summed E-state index contributed by atoms with van der Waals surface area (Å²) in [5, 5.41) is 2.12. The van der Waals surface area contributed by atoms with Crippen LogP contribution < -0.4 is 5.43 Å². The summed E-state index contributed by atoms with van der Waals surface area (Å²) in [6.07, 6.45) is 10.2. The van der Waals surface area contributed by atoms with Gasteiger partial charge in [-0.2, -0.15) is 0 Å². The number of allylic oxidation sites excluding steroid dienone is 5. The molecule has 3 aliphatic rings. The van der Waals surface area contributed by atoms with Crippen molar-refractivity contribution in [2.75, 3.05) is 20.1 Å². The molecule has 23 heavy (non-hydrogen) atoms. The summed E-state index contributed by atoms with van der Waals surface area (Å²) in [5.74, 6) is 1.01. The van der Waals surface area contributed by atoms with E-state index >= 15 is 0 Å². The van der Waals surface area contributed by atoms with Crippen LogP contribution in [-0.4, -0.2) is 31.0 Å². The average molecular weight is 372 g/mol. The highest BCUT2D eigenvalue weighted by Gasteiger charge is 2.25. The van der Waals surface area contributed by atoms with E-state index in [1.54, 1.807) is 0 Å². The molecule has 1 heterocycles. The van der Waals surface area contributed by atoms with E-state index in [9.17, 15) is 0 Å². The van der Waals surface area contributed by atoms with E-state index in [2.05, 4.69) is 60.0 Å². The molecule has 0 radical (unpaired) electrons. The Morgan fingerprint density at radius 3 is 2.91 bits per heavy atom. The highest BCUT2D eigenvalue weighted by Crippen LogP contribution is 2.36. The maximum atomic E-state index is 4.78. The minimum Gasteiger partial charge on any atom is -0.303 e. The maximum Gasteiger partial charge on any atom is 0.144 e. The van der Waals surface area contributed by atoms with Crippen molar-refractivity contribution in [2.45, 2.75) is 19.3 Å². The van der Waals surface area contributed by atoms with Crippen LogP contribution in [0.5, 0.6) is 0 Å². The van der Waals surface area contributed by atoms with Crippen LogP contribution >= 0.6 is 17.0 Å². The van der Waals surface area contributed by atoms with Crippen LogP contribution in [0.1, 0.15) is 24.0 Å². The minimum atomic E-state index is 0. The number of fused-ring (bicyclic) bond motifs is 2. The Kier molecular flexibility index (Phi) is 4.83. The Hall–Kier alpha value is -1.65. The van der Waals surface area contributed by atoms with Gasteiger partial charge in [-0.15, -0.1) is 17.0 Å². The predicted molar refractivity (Wildman–Crippen MR) is 102 cm³/mol. The Labute approximate surface area is 148 Å². The zero-order chi connectivity index (χ0) is 14.9. The number of aryl methyl sites for hydroxylation is 1. The van der Waals surface area contributed by atoms with E-state index in [0.29, 0.717) is 0 Å². The lowest BCUT2D eigenvalue weighted by Crippen LogP contribution is -2.45. The Bertz CT molecular complexity index is 728. The second-order valence-corrected chi connectivity index (χ2v) is 6.08. The number of hydrogen-bond donors (Lipinski definition) is 1. The van der Waals surface area contributed by atoms with Crippen LogP contribution in [0, 0.1) is 0 Å². The Balaban J connectivity index is 0.00000156. The van der Waals surface area contributed by atoms with Crippen molar-refractivity contribution in [3.63, 3.8) is 0 Å². The lowest BCUT2D eigenvalue weighted by Gasteiger charge is -2.27. The molecule has 4 heteroatoms. The molecule has 0 atom stereocenters. The molecule has 0 saturated heterocycles. The van der Waals surface area contributed by atoms with Crippen LogP contribution in [0.15, 0.2) is 58.6 Å². The van der Waals surface area contributed by atoms with Crippen molar-refractivity contribution in [3.05, 3.63) is 64.8 Å². The lowest BCUT2D eigenvalue weighted by atomic mass is 9.91. The molecule has 0 spiro atoms. The first-order valence-electron chi connectivity index (χ1n) is 8.04. The number of aliphatic imine (C=N–C) groups is 1. The van der Waals surface area contributed by atoms with Crippen LogP contribution in [-0.2, 0) is 6.42 Å². The molecular weight excluding hydrogens is 350 g/mol. The van der Waals surface area contributed by atoms with Gasteiger partial charge in [0.25, 0.3) is 0 Å². The van der Waals surface area contributed by atoms with E-state index in [1.807, 2.05) is 0 Å². The molecule has 1 aromatic rings. The summed E-state index contributed by atoms with van der Waals surface area (Å²) in [7, 11) is 2.08. The molecule has 4 rings (SSSR count). The first-order valence-corrected chi connectivity index (χ1v) is 8.04. The second-order valence-electron chi connectivity index (χ2n) is 6.08. The van der Waals surface area contributed by atoms with E-state index < -0.39 is 0 Å². The molecular formula is C19H22BrN3. The average Bonchev–Trinajstić information content (AvgIpc) is 2.71. The Morgan fingerprint density at radius 1 is 1.17 bits per heavy atom. The van der Waals surface area contributed by atoms with Gasteiger partial charge in [0, 0.05) is 19.2 Å². The molecule has 120 valence electrons. The summed E-state index contributed by atoms with van der Waals surface area (Å²) in [4.78, 5) is 4.78. The van der Waals surface area contributed by atoms with Crippen LogP contribution in [0.4, 0.5) is 0 Å². The first kappa shape index (κ1) is 16.2. The van der Waals surface area contributed by atoms with Crippen molar-refractivity contribution in [2.24, 2.45) is 4.99 Å². The van der Waals surface area contributed by atoms with Crippen LogP contribution in [0.3, 0.4) is 0 Å². The van der Waals surface area contributed by atoms with Gasteiger partial charge in [-0.1, -0.05) is 42.5 Å². The summed E-state index contributed by atoms with van der Waals surface area (Å²) >= 11 is 0. The van der Waals surface area contributed by atoms with Gasteiger partial charge in [0.15, 0.2) is 0 Å². The van der Waals surface area contributed by atoms with Crippen molar-refractivity contribution in [3.8, 4) is 0 Å². The summed E-state index contributed by atoms with van der Waals surface area (Å²) < 4.78 is 0. The SMILES string of the molecule is Br.CN1CCN=C(C2=C3C=CCC=C3CCc3ccccc32)N1. The molecule has 1 aromatic carbocycles. The molecule has 3 nitrogen and oxygen atoms in total. The van der Waals surface area contributed by atoms with Gasteiger partial charge in [0.1, 0.15) is 5.84 Å². The number of benzene rings is 1. The van der Waals surface area contributed by atoms with E-state index in [0.717, 1.165) is 38.2 Å². The second kappa shape index (κ2) is 6.85. The van der Waals surface area contributed by atoms with Gasteiger partial charge in [-0.05, 0) is 41.5 Å². The molecule has 0 bridgehead atoms. The number of hydrazine groups is 1. The van der Waals surface area contributed by atoms with Crippen molar-refractivity contribution in [1.29, 1.82) is 0 Å². The molecule has 0 saturated carbocycles. The fourth-order valence-electron chi connectivity index (χ4n) is 3.46. The van der Waals surface area contributed by atoms with Gasteiger partial charge in [-0.3, -0.25) is 4.99 Å². The topological polar surface area (TPSA) is 27.6 Å². The Morgan fingerprint density at radius 2 is 2.04 bits per heavy atom. The predicted octanol–water partition coefficient (Wildman–Crippen LogP) is 3.70. The third-order valence-electron chi connectivity index (χ3n) is 4.59. The number of nitrogens with one attached hydrogen (secondary N) is 1. The van der Waals surface area contributed by atoms with E-state index in [4.69, 9.17) is 4.99 Å². The molecule has 0 fully saturated rings. The maximum absolute atomic E-state index is 4.78. The van der Waals surface area contributed by atoms with Crippen molar-refractivity contribution < 1.29 is 0 Å². The monoisotopic (exact) mass is 371 g/mol. The zero-order valence-electron chi connectivity index (χ0n) is 13.4.